The SMILES string of the molecule is NC1CCC(OCCNc2cncc(Cl)n2)CC1. The molecule has 0 aliphatic heterocycles. The summed E-state index contributed by atoms with van der Waals surface area (Å²) >= 11 is 5.74. The van der Waals surface area contributed by atoms with Gasteiger partial charge in [0.05, 0.1) is 25.1 Å². The molecule has 6 heteroatoms. The molecule has 0 aromatic carbocycles. The molecule has 5 nitrogen and oxygen atoms in total. The van der Waals surface area contributed by atoms with Gasteiger partial charge in [-0.2, -0.15) is 0 Å². The Balaban J connectivity index is 1.61. The average Bonchev–Trinajstić information content (AvgIpc) is 2.37. The Morgan fingerprint density at radius 3 is 2.83 bits per heavy atom. The molecule has 0 bridgehead atoms. The highest BCUT2D eigenvalue weighted by atomic mass is 35.5. The molecule has 0 atom stereocenters. The topological polar surface area (TPSA) is 73.1 Å². The minimum absolute atomic E-state index is 0.358. The van der Waals surface area contributed by atoms with Crippen molar-refractivity contribution in [1.29, 1.82) is 0 Å². The van der Waals surface area contributed by atoms with E-state index in [1.165, 1.54) is 6.20 Å². The molecule has 1 heterocycles. The smallest absolute Gasteiger partial charge is 0.149 e. The van der Waals surface area contributed by atoms with Crippen LogP contribution < -0.4 is 11.1 Å². The molecule has 0 spiro atoms. The van der Waals surface area contributed by atoms with E-state index in [-0.39, 0.29) is 0 Å². The minimum atomic E-state index is 0.358. The molecule has 1 fully saturated rings. The van der Waals surface area contributed by atoms with Crippen LogP contribution in [0, 0.1) is 0 Å². The number of nitrogens with two attached hydrogens (primary N) is 1. The molecular weight excluding hydrogens is 252 g/mol. The summed E-state index contributed by atoms with van der Waals surface area (Å²) in [5.74, 6) is 0.678. The molecule has 1 aromatic rings. The molecule has 1 aliphatic rings. The molecule has 0 unspecified atom stereocenters. The van der Waals surface area contributed by atoms with Crippen LogP contribution in [0.1, 0.15) is 25.7 Å². The van der Waals surface area contributed by atoms with E-state index in [0.29, 0.717) is 36.3 Å². The van der Waals surface area contributed by atoms with Crippen molar-refractivity contribution in [3.05, 3.63) is 17.5 Å². The zero-order valence-corrected chi connectivity index (χ0v) is 11.1. The van der Waals surface area contributed by atoms with Crippen molar-refractivity contribution in [2.75, 3.05) is 18.5 Å². The second kappa shape index (κ2) is 6.87. The van der Waals surface area contributed by atoms with Gasteiger partial charge in [-0.15, -0.1) is 0 Å². The third-order valence-corrected chi connectivity index (χ3v) is 3.27. The van der Waals surface area contributed by atoms with Crippen LogP contribution in [-0.4, -0.2) is 35.3 Å². The number of halogens is 1. The fraction of sp³-hybridized carbons (Fsp3) is 0.667. The lowest BCUT2D eigenvalue weighted by molar-refractivity contribution is 0.0313. The van der Waals surface area contributed by atoms with E-state index >= 15 is 0 Å². The first kappa shape index (κ1) is 13.5. The van der Waals surface area contributed by atoms with Gasteiger partial charge in [0.15, 0.2) is 0 Å². The van der Waals surface area contributed by atoms with Gasteiger partial charge in [0.2, 0.25) is 0 Å². The van der Waals surface area contributed by atoms with Crippen molar-refractivity contribution in [1.82, 2.24) is 9.97 Å². The van der Waals surface area contributed by atoms with E-state index in [0.717, 1.165) is 25.7 Å². The van der Waals surface area contributed by atoms with Gasteiger partial charge in [-0.1, -0.05) is 11.6 Å². The van der Waals surface area contributed by atoms with Crippen molar-refractivity contribution >= 4 is 17.4 Å². The number of ether oxygens (including phenoxy) is 1. The van der Waals surface area contributed by atoms with Crippen molar-refractivity contribution in [2.45, 2.75) is 37.8 Å². The summed E-state index contributed by atoms with van der Waals surface area (Å²) in [4.78, 5) is 8.04. The van der Waals surface area contributed by atoms with E-state index in [1.54, 1.807) is 6.20 Å². The fourth-order valence-corrected chi connectivity index (χ4v) is 2.23. The predicted molar refractivity (Wildman–Crippen MR) is 71.7 cm³/mol. The van der Waals surface area contributed by atoms with Crippen LogP contribution in [0.15, 0.2) is 12.4 Å². The zero-order chi connectivity index (χ0) is 12.8. The van der Waals surface area contributed by atoms with Gasteiger partial charge in [-0.05, 0) is 25.7 Å². The third-order valence-electron chi connectivity index (χ3n) is 3.09. The number of anilines is 1. The first-order valence-corrected chi connectivity index (χ1v) is 6.70. The van der Waals surface area contributed by atoms with Gasteiger partial charge in [0.25, 0.3) is 0 Å². The summed E-state index contributed by atoms with van der Waals surface area (Å²) in [6.07, 6.45) is 7.78. The van der Waals surface area contributed by atoms with E-state index < -0.39 is 0 Å². The maximum absolute atomic E-state index is 5.85. The Morgan fingerprint density at radius 1 is 1.33 bits per heavy atom. The highest BCUT2D eigenvalue weighted by Gasteiger charge is 2.18. The summed E-state index contributed by atoms with van der Waals surface area (Å²) in [6, 6.07) is 0.365. The van der Waals surface area contributed by atoms with Crippen molar-refractivity contribution in [3.63, 3.8) is 0 Å². The number of rotatable bonds is 5. The van der Waals surface area contributed by atoms with E-state index in [9.17, 15) is 0 Å². The molecule has 2 rings (SSSR count). The number of hydrogen-bond acceptors (Lipinski definition) is 5. The van der Waals surface area contributed by atoms with Crippen LogP contribution in [0.4, 0.5) is 5.82 Å². The quantitative estimate of drug-likeness (QED) is 0.799. The number of aromatic nitrogens is 2. The van der Waals surface area contributed by atoms with Crippen LogP contribution >= 0.6 is 11.6 Å². The Hall–Kier alpha value is -0.910. The lowest BCUT2D eigenvalue weighted by Crippen LogP contribution is -2.31. The van der Waals surface area contributed by atoms with Gasteiger partial charge in [0, 0.05) is 12.6 Å². The zero-order valence-electron chi connectivity index (χ0n) is 10.3. The second-order valence-corrected chi connectivity index (χ2v) is 4.95. The van der Waals surface area contributed by atoms with Gasteiger partial charge in [0.1, 0.15) is 11.0 Å². The van der Waals surface area contributed by atoms with Crippen LogP contribution in [0.5, 0.6) is 0 Å². The maximum atomic E-state index is 5.85. The molecule has 100 valence electrons. The summed E-state index contributed by atoms with van der Waals surface area (Å²) in [7, 11) is 0. The first-order valence-electron chi connectivity index (χ1n) is 6.32. The summed E-state index contributed by atoms with van der Waals surface area (Å²) < 4.78 is 5.78. The largest absolute Gasteiger partial charge is 0.376 e. The van der Waals surface area contributed by atoms with Gasteiger partial charge >= 0.3 is 0 Å². The highest BCUT2D eigenvalue weighted by Crippen LogP contribution is 2.19. The number of hydrogen-bond donors (Lipinski definition) is 2. The summed E-state index contributed by atoms with van der Waals surface area (Å²) in [6.45, 7) is 1.37. The molecular formula is C12H19ClN4O. The Bertz CT molecular complexity index is 369. The molecule has 1 aromatic heterocycles. The van der Waals surface area contributed by atoms with Crippen molar-refractivity contribution in [3.8, 4) is 0 Å². The Morgan fingerprint density at radius 2 is 2.11 bits per heavy atom. The monoisotopic (exact) mass is 270 g/mol. The molecule has 1 aliphatic carbocycles. The van der Waals surface area contributed by atoms with Gasteiger partial charge < -0.3 is 15.8 Å². The fourth-order valence-electron chi connectivity index (χ4n) is 2.09. The number of nitrogens with zero attached hydrogens (tertiary/aromatic N) is 2. The summed E-state index contributed by atoms with van der Waals surface area (Å²) in [5, 5.41) is 3.52. The predicted octanol–water partition coefficient (Wildman–Crippen LogP) is 1.83. The van der Waals surface area contributed by atoms with Crippen molar-refractivity contribution in [2.24, 2.45) is 5.73 Å². The summed E-state index contributed by atoms with van der Waals surface area (Å²) in [5.41, 5.74) is 5.85. The van der Waals surface area contributed by atoms with Crippen LogP contribution in [0.2, 0.25) is 5.15 Å². The molecule has 18 heavy (non-hydrogen) atoms. The lowest BCUT2D eigenvalue weighted by Gasteiger charge is -2.26. The normalized spacial score (nSPS) is 23.9. The molecule has 3 N–H and O–H groups in total. The molecule has 0 saturated heterocycles. The molecule has 0 radical (unpaired) electrons. The number of nitrogens with one attached hydrogen (secondary N) is 1. The molecule has 1 saturated carbocycles. The van der Waals surface area contributed by atoms with E-state index in [1.807, 2.05) is 0 Å². The minimum Gasteiger partial charge on any atom is -0.376 e. The van der Waals surface area contributed by atoms with E-state index in [4.69, 9.17) is 22.1 Å². The van der Waals surface area contributed by atoms with Crippen LogP contribution in [-0.2, 0) is 4.74 Å². The van der Waals surface area contributed by atoms with Crippen molar-refractivity contribution < 1.29 is 4.74 Å². The highest BCUT2D eigenvalue weighted by molar-refractivity contribution is 6.29. The first-order chi connectivity index (χ1) is 8.74. The van der Waals surface area contributed by atoms with Gasteiger partial charge in [-0.25, -0.2) is 4.98 Å². The Labute approximate surface area is 112 Å². The maximum Gasteiger partial charge on any atom is 0.149 e. The lowest BCUT2D eigenvalue weighted by atomic mass is 9.94. The molecule has 0 amide bonds. The van der Waals surface area contributed by atoms with Gasteiger partial charge in [-0.3, -0.25) is 4.98 Å². The van der Waals surface area contributed by atoms with E-state index in [2.05, 4.69) is 15.3 Å². The van der Waals surface area contributed by atoms with Crippen LogP contribution in [0.25, 0.3) is 0 Å². The standard InChI is InChI=1S/C12H19ClN4O/c13-11-7-15-8-12(17-11)16-5-6-18-10-3-1-9(14)2-4-10/h7-10H,1-6,14H2,(H,16,17). The van der Waals surface area contributed by atoms with Crippen LogP contribution in [0.3, 0.4) is 0 Å². The third kappa shape index (κ3) is 4.40. The second-order valence-electron chi connectivity index (χ2n) is 4.56. The average molecular weight is 271 g/mol. The Kier molecular flexibility index (Phi) is 5.16.